The first-order chi connectivity index (χ1) is 21.2. The Hall–Kier alpha value is -4.07. The van der Waals surface area contributed by atoms with Gasteiger partial charge in [0, 0.05) is 19.7 Å². The number of hydrogen-bond acceptors (Lipinski definition) is 8. The first-order valence-electron chi connectivity index (χ1n) is 14.1. The number of benzene rings is 2. The van der Waals surface area contributed by atoms with Gasteiger partial charge in [0.25, 0.3) is 0 Å². The number of methoxy groups -OCH3 is 3. The van der Waals surface area contributed by atoms with Crippen molar-refractivity contribution in [3.8, 4) is 0 Å². The van der Waals surface area contributed by atoms with Gasteiger partial charge in [-0.3, -0.25) is 14.6 Å². The molecule has 1 fully saturated rings. The molecular formula is C31H37ClF2N4O7. The van der Waals surface area contributed by atoms with Gasteiger partial charge < -0.3 is 24.8 Å². The van der Waals surface area contributed by atoms with Gasteiger partial charge in [0.15, 0.2) is 11.6 Å². The van der Waals surface area contributed by atoms with Gasteiger partial charge in [0.05, 0.1) is 44.1 Å². The van der Waals surface area contributed by atoms with Gasteiger partial charge in [-0.15, -0.1) is 12.4 Å². The number of esters is 2. The number of carbonyl (C=O) groups excluding carboxylic acids is 4. The average Bonchev–Trinajstić information content (AvgIpc) is 3.04. The van der Waals surface area contributed by atoms with Crippen LogP contribution in [-0.4, -0.2) is 81.5 Å². The quantitative estimate of drug-likeness (QED) is 0.264. The largest absolute Gasteiger partial charge is 0.468 e. The molecule has 45 heavy (non-hydrogen) atoms. The Kier molecular flexibility index (Phi) is 12.4. The normalized spacial score (nSPS) is 21.4. The van der Waals surface area contributed by atoms with Crippen molar-refractivity contribution in [2.45, 2.75) is 43.2 Å². The summed E-state index contributed by atoms with van der Waals surface area (Å²) in [5.41, 5.74) is 0.156. The Morgan fingerprint density at radius 3 is 2.33 bits per heavy atom. The molecule has 0 spiro atoms. The predicted molar refractivity (Wildman–Crippen MR) is 161 cm³/mol. The molecule has 4 rings (SSSR count). The smallest absolute Gasteiger partial charge is 0.341 e. The maximum atomic E-state index is 14.4. The average molecular weight is 651 g/mol. The standard InChI is InChI=1S/C31H36F2N4O7.ClH/c1-42-18-25-26(28(39)43-2)27(20-9-10-23(32)24(33)17-20)37(30(41)35-25)36(19-38)16-15-34-22-11-13-31(14-12-22,29(40)44-3)21-7-5-4-6-8-21;/h4-10,17,19,22,27,34H,11-16,18H2,1-3H3,(H,35,41);1H/t22-,27?,31-;. The SMILES string of the molecule is COCC1=C(C(=O)OC)C(c2ccc(F)c(F)c2)N(N(C=O)CCN[C@H]2CC[C@@](C(=O)OC)(c3ccccc3)CC2)C(=O)N1.Cl. The molecular weight excluding hydrogens is 614 g/mol. The van der Waals surface area contributed by atoms with Crippen LogP contribution in [0.1, 0.15) is 42.9 Å². The number of urea groups is 1. The van der Waals surface area contributed by atoms with Crippen LogP contribution in [-0.2, 0) is 34.0 Å². The summed E-state index contributed by atoms with van der Waals surface area (Å²) in [6, 6.07) is 10.4. The Morgan fingerprint density at radius 1 is 1.07 bits per heavy atom. The topological polar surface area (TPSA) is 127 Å². The van der Waals surface area contributed by atoms with Crippen LogP contribution in [0.2, 0.25) is 0 Å². The summed E-state index contributed by atoms with van der Waals surface area (Å²) in [6.45, 7) is 0.0451. The molecule has 1 saturated carbocycles. The first kappa shape index (κ1) is 35.4. The number of hydrogen-bond donors (Lipinski definition) is 2. The van der Waals surface area contributed by atoms with Crippen molar-refractivity contribution < 1.29 is 42.2 Å². The Morgan fingerprint density at radius 2 is 1.76 bits per heavy atom. The molecule has 1 unspecified atom stereocenters. The summed E-state index contributed by atoms with van der Waals surface area (Å²) >= 11 is 0. The van der Waals surface area contributed by atoms with E-state index in [4.69, 9.17) is 14.2 Å². The Labute approximate surface area is 266 Å². The lowest BCUT2D eigenvalue weighted by atomic mass is 9.68. The lowest BCUT2D eigenvalue weighted by Gasteiger charge is -2.42. The van der Waals surface area contributed by atoms with E-state index >= 15 is 0 Å². The third-order valence-electron chi connectivity index (χ3n) is 8.18. The van der Waals surface area contributed by atoms with Crippen LogP contribution in [0.5, 0.6) is 0 Å². The van der Waals surface area contributed by atoms with E-state index in [1.807, 2.05) is 30.3 Å². The molecule has 3 amide bonds. The van der Waals surface area contributed by atoms with Crippen LogP contribution in [0, 0.1) is 11.6 Å². The molecule has 0 radical (unpaired) electrons. The number of carbonyl (C=O) groups is 4. The van der Waals surface area contributed by atoms with Gasteiger partial charge in [-0.1, -0.05) is 36.4 Å². The van der Waals surface area contributed by atoms with Crippen molar-refractivity contribution >= 4 is 36.8 Å². The monoisotopic (exact) mass is 650 g/mol. The third-order valence-corrected chi connectivity index (χ3v) is 8.18. The van der Waals surface area contributed by atoms with E-state index in [1.165, 1.54) is 20.3 Å². The molecule has 1 atom stereocenters. The fourth-order valence-electron chi connectivity index (χ4n) is 5.99. The number of ether oxygens (including phenoxy) is 3. The van der Waals surface area contributed by atoms with Crippen molar-refractivity contribution in [1.29, 1.82) is 0 Å². The Balaban J connectivity index is 0.00000552. The van der Waals surface area contributed by atoms with Gasteiger partial charge in [-0.25, -0.2) is 23.4 Å². The van der Waals surface area contributed by atoms with Crippen LogP contribution in [0.15, 0.2) is 59.8 Å². The molecule has 2 N–H and O–H groups in total. The molecule has 11 nitrogen and oxygen atoms in total. The van der Waals surface area contributed by atoms with Crippen LogP contribution in [0.25, 0.3) is 0 Å². The molecule has 1 heterocycles. The molecule has 1 aliphatic heterocycles. The van der Waals surface area contributed by atoms with E-state index < -0.39 is 35.1 Å². The molecule has 14 heteroatoms. The zero-order valence-corrected chi connectivity index (χ0v) is 26.0. The number of nitrogens with zero attached hydrogens (tertiary/aromatic N) is 2. The summed E-state index contributed by atoms with van der Waals surface area (Å²) in [7, 11) is 3.88. The summed E-state index contributed by atoms with van der Waals surface area (Å²) in [5.74, 6) is -3.44. The van der Waals surface area contributed by atoms with Gasteiger partial charge >= 0.3 is 18.0 Å². The van der Waals surface area contributed by atoms with Crippen LogP contribution < -0.4 is 10.6 Å². The first-order valence-corrected chi connectivity index (χ1v) is 14.1. The minimum atomic E-state index is -1.33. The Bertz CT molecular complexity index is 1400. The van der Waals surface area contributed by atoms with Gasteiger partial charge in [0.2, 0.25) is 6.41 Å². The van der Waals surface area contributed by atoms with Crippen molar-refractivity contribution in [2.24, 2.45) is 0 Å². The molecule has 2 aromatic carbocycles. The second-order valence-corrected chi connectivity index (χ2v) is 10.6. The van der Waals surface area contributed by atoms with E-state index in [9.17, 15) is 28.0 Å². The maximum absolute atomic E-state index is 14.4. The van der Waals surface area contributed by atoms with E-state index in [-0.39, 0.29) is 60.9 Å². The predicted octanol–water partition coefficient (Wildman–Crippen LogP) is 3.54. The van der Waals surface area contributed by atoms with Gasteiger partial charge in [-0.05, 0) is 48.9 Å². The highest BCUT2D eigenvalue weighted by Crippen LogP contribution is 2.41. The lowest BCUT2D eigenvalue weighted by Crippen LogP contribution is -2.58. The summed E-state index contributed by atoms with van der Waals surface area (Å²) in [6.07, 6.45) is 2.84. The number of halogens is 3. The third kappa shape index (κ3) is 7.43. The van der Waals surface area contributed by atoms with Crippen LogP contribution >= 0.6 is 12.4 Å². The number of hydrazine groups is 1. The number of rotatable bonds is 12. The minimum Gasteiger partial charge on any atom is -0.468 e. The lowest BCUT2D eigenvalue weighted by molar-refractivity contribution is -0.149. The maximum Gasteiger partial charge on any atom is 0.341 e. The minimum absolute atomic E-state index is 0. The second kappa shape index (κ2) is 15.8. The summed E-state index contributed by atoms with van der Waals surface area (Å²) in [4.78, 5) is 51.6. The molecule has 244 valence electrons. The second-order valence-electron chi connectivity index (χ2n) is 10.6. The van der Waals surface area contributed by atoms with Crippen LogP contribution in [0.4, 0.5) is 13.6 Å². The van der Waals surface area contributed by atoms with E-state index in [0.717, 1.165) is 34.8 Å². The molecule has 0 saturated heterocycles. The van der Waals surface area contributed by atoms with Crippen molar-refractivity contribution in [3.63, 3.8) is 0 Å². The number of nitrogens with one attached hydrogen (secondary N) is 2. The highest BCUT2D eigenvalue weighted by molar-refractivity contribution is 5.95. The van der Waals surface area contributed by atoms with Crippen molar-refractivity contribution in [1.82, 2.24) is 20.7 Å². The van der Waals surface area contributed by atoms with E-state index in [1.54, 1.807) is 0 Å². The molecule has 2 aromatic rings. The molecule has 2 aliphatic rings. The van der Waals surface area contributed by atoms with Gasteiger partial charge in [-0.2, -0.15) is 0 Å². The highest BCUT2D eigenvalue weighted by Gasteiger charge is 2.45. The van der Waals surface area contributed by atoms with E-state index in [0.29, 0.717) is 32.1 Å². The fourth-order valence-corrected chi connectivity index (χ4v) is 5.99. The molecule has 0 bridgehead atoms. The van der Waals surface area contributed by atoms with E-state index in [2.05, 4.69) is 10.6 Å². The summed E-state index contributed by atoms with van der Waals surface area (Å²) in [5, 5.41) is 7.99. The van der Waals surface area contributed by atoms with Crippen molar-refractivity contribution in [2.75, 3.05) is 41.0 Å². The zero-order chi connectivity index (χ0) is 31.9. The fraction of sp³-hybridized carbons (Fsp3) is 0.419. The zero-order valence-electron chi connectivity index (χ0n) is 25.2. The molecule has 1 aliphatic carbocycles. The highest BCUT2D eigenvalue weighted by atomic mass is 35.5. The van der Waals surface area contributed by atoms with Crippen LogP contribution in [0.3, 0.4) is 0 Å². The molecule has 0 aromatic heterocycles. The summed E-state index contributed by atoms with van der Waals surface area (Å²) < 4.78 is 43.5. The van der Waals surface area contributed by atoms with Crippen molar-refractivity contribution in [3.05, 3.63) is 82.6 Å². The van der Waals surface area contributed by atoms with Gasteiger partial charge in [0.1, 0.15) is 6.04 Å². The number of amides is 3.